The molecular weight excluding hydrogens is 298 g/mol. The molecule has 0 fully saturated rings. The molecule has 120 valence electrons. The Bertz CT molecular complexity index is 756. The molecule has 1 N–H and O–H groups in total. The number of aromatic carboxylic acids is 1. The Balaban J connectivity index is 1.48. The summed E-state index contributed by atoms with van der Waals surface area (Å²) in [7, 11) is 0. The van der Waals surface area contributed by atoms with Gasteiger partial charge in [0.05, 0.1) is 12.2 Å². The smallest absolute Gasteiger partial charge is 0.356 e. The van der Waals surface area contributed by atoms with Gasteiger partial charge in [-0.3, -0.25) is 9.58 Å². The van der Waals surface area contributed by atoms with Crippen molar-refractivity contribution < 1.29 is 19.4 Å². The van der Waals surface area contributed by atoms with Gasteiger partial charge in [-0.2, -0.15) is 5.10 Å². The van der Waals surface area contributed by atoms with Gasteiger partial charge >= 0.3 is 5.97 Å². The maximum atomic E-state index is 11.0. The van der Waals surface area contributed by atoms with Crippen molar-refractivity contribution in [3.05, 3.63) is 41.2 Å². The Morgan fingerprint density at radius 3 is 2.83 bits per heavy atom. The minimum absolute atomic E-state index is 0.112. The van der Waals surface area contributed by atoms with Gasteiger partial charge in [-0.05, 0) is 23.8 Å². The molecule has 0 spiro atoms. The number of aromatic nitrogens is 2. The van der Waals surface area contributed by atoms with Gasteiger partial charge in [-0.1, -0.05) is 6.07 Å². The van der Waals surface area contributed by atoms with Crippen molar-refractivity contribution in [1.82, 2.24) is 14.7 Å². The first kappa shape index (κ1) is 14.1. The molecule has 0 bridgehead atoms. The summed E-state index contributed by atoms with van der Waals surface area (Å²) in [6, 6.07) is 7.66. The number of hydrogen-bond donors (Lipinski definition) is 1. The van der Waals surface area contributed by atoms with Crippen LogP contribution in [0.25, 0.3) is 0 Å². The first-order chi connectivity index (χ1) is 11.2. The second kappa shape index (κ2) is 5.58. The lowest BCUT2D eigenvalue weighted by atomic mass is 10.1. The van der Waals surface area contributed by atoms with E-state index in [2.05, 4.69) is 10.00 Å². The molecule has 0 atom stereocenters. The third-order valence-electron chi connectivity index (χ3n) is 4.11. The van der Waals surface area contributed by atoms with Gasteiger partial charge < -0.3 is 14.6 Å². The van der Waals surface area contributed by atoms with Crippen molar-refractivity contribution in [3.8, 4) is 11.5 Å². The monoisotopic (exact) mass is 315 g/mol. The molecular formula is C16H17N3O4. The molecule has 7 nitrogen and oxygen atoms in total. The van der Waals surface area contributed by atoms with Crippen molar-refractivity contribution in [3.63, 3.8) is 0 Å². The molecule has 0 radical (unpaired) electrons. The standard InChI is InChI=1S/C16H17N3O4/c20-16(21)13-8-12-10-18(3-4-19(12)17-13)9-11-1-2-14-15(7-11)23-6-5-22-14/h1-2,7-8H,3-6,9-10H2,(H,20,21). The van der Waals surface area contributed by atoms with E-state index in [1.165, 1.54) is 0 Å². The van der Waals surface area contributed by atoms with Crippen LogP contribution >= 0.6 is 0 Å². The maximum Gasteiger partial charge on any atom is 0.356 e. The van der Waals surface area contributed by atoms with E-state index in [9.17, 15) is 4.79 Å². The highest BCUT2D eigenvalue weighted by atomic mass is 16.6. The lowest BCUT2D eigenvalue weighted by molar-refractivity contribution is 0.0689. The van der Waals surface area contributed by atoms with Crippen molar-refractivity contribution in [2.75, 3.05) is 19.8 Å². The number of hydrogen-bond acceptors (Lipinski definition) is 5. The molecule has 0 amide bonds. The Kier molecular flexibility index (Phi) is 3.42. The van der Waals surface area contributed by atoms with Gasteiger partial charge in [0.25, 0.3) is 0 Å². The van der Waals surface area contributed by atoms with Crippen LogP contribution in [0.15, 0.2) is 24.3 Å². The van der Waals surface area contributed by atoms with Crippen molar-refractivity contribution >= 4 is 5.97 Å². The van der Waals surface area contributed by atoms with Gasteiger partial charge in [-0.25, -0.2) is 4.79 Å². The van der Waals surface area contributed by atoms with E-state index in [-0.39, 0.29) is 5.69 Å². The zero-order chi connectivity index (χ0) is 15.8. The number of carboxylic acid groups (broad SMARTS) is 1. The lowest BCUT2D eigenvalue weighted by Gasteiger charge is -2.28. The SMILES string of the molecule is O=C(O)c1cc2n(n1)CCN(Cc1ccc3c(c1)OCCO3)C2. The molecule has 2 aromatic rings. The summed E-state index contributed by atoms with van der Waals surface area (Å²) in [4.78, 5) is 13.3. The van der Waals surface area contributed by atoms with Gasteiger partial charge in [0.2, 0.25) is 0 Å². The van der Waals surface area contributed by atoms with E-state index in [0.29, 0.717) is 26.3 Å². The fourth-order valence-corrected chi connectivity index (χ4v) is 3.00. The van der Waals surface area contributed by atoms with E-state index in [1.54, 1.807) is 10.7 Å². The average Bonchev–Trinajstić information content (AvgIpc) is 2.98. The third kappa shape index (κ3) is 2.75. The predicted octanol–water partition coefficient (Wildman–Crippen LogP) is 1.37. The van der Waals surface area contributed by atoms with Crippen molar-refractivity contribution in [2.45, 2.75) is 19.6 Å². The molecule has 2 aliphatic rings. The summed E-state index contributed by atoms with van der Waals surface area (Å²) in [6.45, 7) is 4.18. The molecule has 2 aliphatic heterocycles. The molecule has 0 saturated heterocycles. The van der Waals surface area contributed by atoms with E-state index >= 15 is 0 Å². The van der Waals surface area contributed by atoms with Crippen LogP contribution in [0.2, 0.25) is 0 Å². The summed E-state index contributed by atoms with van der Waals surface area (Å²) >= 11 is 0. The minimum atomic E-state index is -0.981. The predicted molar refractivity (Wildman–Crippen MR) is 80.7 cm³/mol. The quantitative estimate of drug-likeness (QED) is 0.922. The summed E-state index contributed by atoms with van der Waals surface area (Å²) in [6.07, 6.45) is 0. The summed E-state index contributed by atoms with van der Waals surface area (Å²) < 4.78 is 12.9. The van der Waals surface area contributed by atoms with Crippen LogP contribution in [0.3, 0.4) is 0 Å². The van der Waals surface area contributed by atoms with E-state index < -0.39 is 5.97 Å². The molecule has 1 aromatic heterocycles. The largest absolute Gasteiger partial charge is 0.486 e. The molecule has 1 aromatic carbocycles. The highest BCUT2D eigenvalue weighted by molar-refractivity contribution is 5.85. The molecule has 7 heteroatoms. The number of carboxylic acids is 1. The Morgan fingerprint density at radius 1 is 1.17 bits per heavy atom. The first-order valence-electron chi connectivity index (χ1n) is 7.60. The number of fused-ring (bicyclic) bond motifs is 2. The summed E-state index contributed by atoms with van der Waals surface area (Å²) in [5.74, 6) is 0.608. The second-order valence-corrected chi connectivity index (χ2v) is 5.74. The highest BCUT2D eigenvalue weighted by Gasteiger charge is 2.21. The average molecular weight is 315 g/mol. The van der Waals surface area contributed by atoms with Gasteiger partial charge in [0.1, 0.15) is 13.2 Å². The van der Waals surface area contributed by atoms with Gasteiger partial charge in [0.15, 0.2) is 17.2 Å². The second-order valence-electron chi connectivity index (χ2n) is 5.74. The van der Waals surface area contributed by atoms with Crippen LogP contribution < -0.4 is 9.47 Å². The summed E-state index contributed by atoms with van der Waals surface area (Å²) in [5, 5.41) is 13.1. The number of nitrogens with zero attached hydrogens (tertiary/aromatic N) is 3. The highest BCUT2D eigenvalue weighted by Crippen LogP contribution is 2.31. The fraction of sp³-hybridized carbons (Fsp3) is 0.375. The fourth-order valence-electron chi connectivity index (χ4n) is 3.00. The first-order valence-corrected chi connectivity index (χ1v) is 7.60. The van der Waals surface area contributed by atoms with Crippen LogP contribution in [-0.2, 0) is 19.6 Å². The van der Waals surface area contributed by atoms with E-state index in [0.717, 1.165) is 35.8 Å². The van der Waals surface area contributed by atoms with Crippen LogP contribution in [0.1, 0.15) is 21.7 Å². The zero-order valence-corrected chi connectivity index (χ0v) is 12.6. The van der Waals surface area contributed by atoms with Gasteiger partial charge in [-0.15, -0.1) is 0 Å². The van der Waals surface area contributed by atoms with Crippen LogP contribution in [-0.4, -0.2) is 45.5 Å². The maximum absolute atomic E-state index is 11.0. The molecule has 0 saturated carbocycles. The van der Waals surface area contributed by atoms with Crippen LogP contribution in [0.4, 0.5) is 0 Å². The van der Waals surface area contributed by atoms with Crippen molar-refractivity contribution in [2.24, 2.45) is 0 Å². The number of carbonyl (C=O) groups is 1. The van der Waals surface area contributed by atoms with E-state index in [1.807, 2.05) is 18.2 Å². The topological polar surface area (TPSA) is 76.8 Å². The van der Waals surface area contributed by atoms with Crippen molar-refractivity contribution in [1.29, 1.82) is 0 Å². The van der Waals surface area contributed by atoms with Crippen LogP contribution in [0, 0.1) is 0 Å². The summed E-state index contributed by atoms with van der Waals surface area (Å²) in [5.41, 5.74) is 2.20. The molecule has 0 unspecified atom stereocenters. The Hall–Kier alpha value is -2.54. The third-order valence-corrected chi connectivity index (χ3v) is 4.11. The Morgan fingerprint density at radius 2 is 2.00 bits per heavy atom. The van der Waals surface area contributed by atoms with E-state index in [4.69, 9.17) is 14.6 Å². The number of ether oxygens (including phenoxy) is 2. The molecule has 3 heterocycles. The number of benzene rings is 1. The lowest BCUT2D eigenvalue weighted by Crippen LogP contribution is -2.33. The molecule has 0 aliphatic carbocycles. The minimum Gasteiger partial charge on any atom is -0.486 e. The zero-order valence-electron chi connectivity index (χ0n) is 12.6. The normalized spacial score (nSPS) is 16.9. The Labute approximate surface area is 133 Å². The number of rotatable bonds is 3. The van der Waals surface area contributed by atoms with Crippen LogP contribution in [0.5, 0.6) is 11.5 Å². The van der Waals surface area contributed by atoms with Gasteiger partial charge in [0, 0.05) is 19.6 Å². The molecule has 4 rings (SSSR count). The molecule has 23 heavy (non-hydrogen) atoms.